The monoisotopic (exact) mass is 482 g/mol. The fourth-order valence-electron chi connectivity index (χ4n) is 3.59. The van der Waals surface area contributed by atoms with E-state index >= 15 is 0 Å². The Hall–Kier alpha value is -2.44. The lowest BCUT2D eigenvalue weighted by Crippen LogP contribution is -2.46. The number of nitrogens with one attached hydrogen (secondary N) is 1. The highest BCUT2D eigenvalue weighted by Gasteiger charge is 2.25. The minimum atomic E-state index is -0.0355. The molecule has 2 heterocycles. The van der Waals surface area contributed by atoms with Crippen LogP contribution in [-0.2, 0) is 0 Å². The molecule has 0 aliphatic carbocycles. The highest BCUT2D eigenvalue weighted by atomic mass is 79.9. The second-order valence-corrected chi connectivity index (χ2v) is 9.58. The molecule has 1 aliphatic heterocycles. The van der Waals surface area contributed by atoms with Crippen molar-refractivity contribution in [3.8, 4) is 10.4 Å². The summed E-state index contributed by atoms with van der Waals surface area (Å²) in [6.45, 7) is 3.33. The third kappa shape index (κ3) is 4.82. The Bertz CT molecular complexity index is 1040. The molecule has 1 aromatic heterocycles. The number of carbonyl (C=O) groups is 2. The van der Waals surface area contributed by atoms with Gasteiger partial charge in [0.2, 0.25) is 0 Å². The van der Waals surface area contributed by atoms with Crippen molar-refractivity contribution in [2.45, 2.75) is 25.8 Å². The Kier molecular flexibility index (Phi) is 6.35. The van der Waals surface area contributed by atoms with E-state index in [1.807, 2.05) is 72.5 Å². The van der Waals surface area contributed by atoms with Crippen molar-refractivity contribution in [2.24, 2.45) is 0 Å². The van der Waals surface area contributed by atoms with Gasteiger partial charge in [0.15, 0.2) is 0 Å². The van der Waals surface area contributed by atoms with E-state index in [-0.39, 0.29) is 17.9 Å². The van der Waals surface area contributed by atoms with Crippen LogP contribution in [0.4, 0.5) is 0 Å². The summed E-state index contributed by atoms with van der Waals surface area (Å²) < 4.78 is 1.04. The molecule has 154 valence electrons. The number of halogens is 1. The SMILES string of the molecule is Cc1ccc(C(=O)N2CCC(NC(=O)c3ccc(-c4ccc(Br)cc4)s3)CC2)cc1. The Morgan fingerprint density at radius 2 is 1.63 bits per heavy atom. The van der Waals surface area contributed by atoms with Gasteiger partial charge in [0.05, 0.1) is 4.88 Å². The predicted octanol–water partition coefficient (Wildman–Crippen LogP) is 5.52. The normalized spacial score (nSPS) is 14.5. The number of likely N-dealkylation sites (tertiary alicyclic amines) is 1. The van der Waals surface area contributed by atoms with Crippen LogP contribution < -0.4 is 5.32 Å². The van der Waals surface area contributed by atoms with E-state index in [1.54, 1.807) is 0 Å². The Balaban J connectivity index is 1.32. The van der Waals surface area contributed by atoms with E-state index in [4.69, 9.17) is 0 Å². The minimum Gasteiger partial charge on any atom is -0.348 e. The molecule has 0 unspecified atom stereocenters. The van der Waals surface area contributed by atoms with Gasteiger partial charge < -0.3 is 10.2 Å². The largest absolute Gasteiger partial charge is 0.348 e. The van der Waals surface area contributed by atoms with Crippen LogP contribution in [0.1, 0.15) is 38.4 Å². The van der Waals surface area contributed by atoms with Gasteiger partial charge in [0, 0.05) is 34.0 Å². The van der Waals surface area contributed by atoms with E-state index in [1.165, 1.54) is 11.3 Å². The second-order valence-electron chi connectivity index (χ2n) is 7.58. The average molecular weight is 483 g/mol. The Morgan fingerprint density at radius 3 is 2.30 bits per heavy atom. The van der Waals surface area contributed by atoms with Gasteiger partial charge in [-0.3, -0.25) is 9.59 Å². The van der Waals surface area contributed by atoms with Crippen molar-refractivity contribution in [1.82, 2.24) is 10.2 Å². The molecule has 1 fully saturated rings. The van der Waals surface area contributed by atoms with Crippen molar-refractivity contribution >= 4 is 39.1 Å². The van der Waals surface area contributed by atoms with Crippen molar-refractivity contribution in [2.75, 3.05) is 13.1 Å². The summed E-state index contributed by atoms with van der Waals surface area (Å²) in [7, 11) is 0. The zero-order valence-electron chi connectivity index (χ0n) is 16.7. The molecular formula is C24H23BrN2O2S. The lowest BCUT2D eigenvalue weighted by atomic mass is 10.0. The first-order chi connectivity index (χ1) is 14.5. The molecule has 1 N–H and O–H groups in total. The van der Waals surface area contributed by atoms with E-state index in [0.717, 1.165) is 38.9 Å². The van der Waals surface area contributed by atoms with Crippen LogP contribution in [0.5, 0.6) is 0 Å². The van der Waals surface area contributed by atoms with E-state index in [9.17, 15) is 9.59 Å². The Labute approximate surface area is 189 Å². The number of hydrogen-bond donors (Lipinski definition) is 1. The van der Waals surface area contributed by atoms with E-state index < -0.39 is 0 Å². The summed E-state index contributed by atoms with van der Waals surface area (Å²) in [4.78, 5) is 29.0. The molecule has 30 heavy (non-hydrogen) atoms. The molecule has 4 rings (SSSR count). The van der Waals surface area contributed by atoms with Gasteiger partial charge in [-0.2, -0.15) is 0 Å². The summed E-state index contributed by atoms with van der Waals surface area (Å²) in [5.41, 5.74) is 2.97. The highest BCUT2D eigenvalue weighted by Crippen LogP contribution is 2.29. The van der Waals surface area contributed by atoms with E-state index in [0.29, 0.717) is 18.0 Å². The molecule has 1 saturated heterocycles. The van der Waals surface area contributed by atoms with Gasteiger partial charge in [-0.25, -0.2) is 0 Å². The molecule has 1 aliphatic rings. The van der Waals surface area contributed by atoms with Gasteiger partial charge in [-0.1, -0.05) is 45.8 Å². The summed E-state index contributed by atoms with van der Waals surface area (Å²) in [6, 6.07) is 19.7. The first-order valence-corrected chi connectivity index (χ1v) is 11.6. The zero-order chi connectivity index (χ0) is 21.1. The van der Waals surface area contributed by atoms with Crippen LogP contribution in [-0.4, -0.2) is 35.8 Å². The van der Waals surface area contributed by atoms with Gasteiger partial charge in [-0.05, 0) is 61.7 Å². The fourth-order valence-corrected chi connectivity index (χ4v) is 4.77. The maximum Gasteiger partial charge on any atom is 0.261 e. The van der Waals surface area contributed by atoms with Gasteiger partial charge >= 0.3 is 0 Å². The lowest BCUT2D eigenvalue weighted by Gasteiger charge is -2.32. The number of amides is 2. The molecule has 0 saturated carbocycles. The van der Waals surface area contributed by atoms with Crippen molar-refractivity contribution in [3.63, 3.8) is 0 Å². The van der Waals surface area contributed by atoms with Crippen LogP contribution in [0.2, 0.25) is 0 Å². The molecular weight excluding hydrogens is 460 g/mol. The summed E-state index contributed by atoms with van der Waals surface area (Å²) in [5.74, 6) is 0.0313. The van der Waals surface area contributed by atoms with E-state index in [2.05, 4.69) is 21.2 Å². The summed E-state index contributed by atoms with van der Waals surface area (Å²) in [5, 5.41) is 3.14. The number of piperidine rings is 1. The van der Waals surface area contributed by atoms with Gasteiger partial charge in [0.1, 0.15) is 0 Å². The van der Waals surface area contributed by atoms with Crippen LogP contribution in [0, 0.1) is 6.92 Å². The predicted molar refractivity (Wildman–Crippen MR) is 125 cm³/mol. The van der Waals surface area contributed by atoms with Crippen LogP contribution >= 0.6 is 27.3 Å². The smallest absolute Gasteiger partial charge is 0.261 e. The standard InChI is InChI=1S/C24H23BrN2O2S/c1-16-2-4-18(5-3-16)24(29)27-14-12-20(13-15-27)26-23(28)22-11-10-21(30-22)17-6-8-19(25)9-7-17/h2-11,20H,12-15H2,1H3,(H,26,28). The summed E-state index contributed by atoms with van der Waals surface area (Å²) in [6.07, 6.45) is 1.54. The van der Waals surface area contributed by atoms with Gasteiger partial charge in [-0.15, -0.1) is 11.3 Å². The number of thiophene rings is 1. The molecule has 0 bridgehead atoms. The van der Waals surface area contributed by atoms with Crippen LogP contribution in [0.3, 0.4) is 0 Å². The molecule has 0 radical (unpaired) electrons. The number of aryl methyl sites for hydroxylation is 1. The molecule has 4 nitrogen and oxygen atoms in total. The molecule has 0 atom stereocenters. The zero-order valence-corrected chi connectivity index (χ0v) is 19.1. The van der Waals surface area contributed by atoms with Gasteiger partial charge in [0.25, 0.3) is 11.8 Å². The first kappa shape index (κ1) is 20.8. The Morgan fingerprint density at radius 1 is 0.967 bits per heavy atom. The average Bonchev–Trinajstić information content (AvgIpc) is 3.25. The maximum atomic E-state index is 12.7. The van der Waals surface area contributed by atoms with Crippen molar-refractivity contribution < 1.29 is 9.59 Å². The maximum absolute atomic E-state index is 12.7. The third-order valence-corrected chi connectivity index (χ3v) is 7.04. The van der Waals surface area contributed by atoms with Crippen LogP contribution in [0.25, 0.3) is 10.4 Å². The molecule has 2 amide bonds. The molecule has 0 spiro atoms. The van der Waals surface area contributed by atoms with Crippen LogP contribution in [0.15, 0.2) is 65.1 Å². The fraction of sp³-hybridized carbons (Fsp3) is 0.250. The topological polar surface area (TPSA) is 49.4 Å². The summed E-state index contributed by atoms with van der Waals surface area (Å²) >= 11 is 4.95. The second kappa shape index (κ2) is 9.14. The number of carbonyl (C=O) groups excluding carboxylic acids is 2. The molecule has 2 aromatic carbocycles. The third-order valence-electron chi connectivity index (χ3n) is 5.37. The molecule has 6 heteroatoms. The number of hydrogen-bond acceptors (Lipinski definition) is 3. The number of benzene rings is 2. The number of rotatable bonds is 4. The highest BCUT2D eigenvalue weighted by molar-refractivity contribution is 9.10. The van der Waals surface area contributed by atoms with Crippen molar-refractivity contribution in [1.29, 1.82) is 0 Å². The number of nitrogens with zero attached hydrogens (tertiary/aromatic N) is 1. The quantitative estimate of drug-likeness (QED) is 0.531. The first-order valence-electron chi connectivity index (χ1n) is 10.0. The lowest BCUT2D eigenvalue weighted by molar-refractivity contribution is 0.0698. The minimum absolute atomic E-state index is 0.0355. The van der Waals surface area contributed by atoms with Crippen molar-refractivity contribution in [3.05, 3.63) is 81.1 Å². The molecule has 3 aromatic rings.